The lowest BCUT2D eigenvalue weighted by molar-refractivity contribution is -0.112. The maximum Gasteiger partial charge on any atom is 0.184 e. The molecular formula is C19H22O4. The Labute approximate surface area is 136 Å². The predicted octanol–water partition coefficient (Wildman–Crippen LogP) is 3.18. The minimum absolute atomic E-state index is 0.00627. The molecule has 1 aliphatic heterocycles. The smallest absolute Gasteiger partial charge is 0.184 e. The SMILES string of the molecule is CCOC1=CC(=O)/C(=C/[C@@H]2O[C@H]2COCc2ccccc2)CC1. The lowest BCUT2D eigenvalue weighted by Gasteiger charge is -2.14. The summed E-state index contributed by atoms with van der Waals surface area (Å²) in [4.78, 5) is 12.0. The van der Waals surface area contributed by atoms with E-state index in [0.29, 0.717) is 19.8 Å². The normalized spacial score (nSPS) is 25.3. The summed E-state index contributed by atoms with van der Waals surface area (Å²) in [7, 11) is 0. The fourth-order valence-electron chi connectivity index (χ4n) is 2.66. The maximum atomic E-state index is 12.0. The van der Waals surface area contributed by atoms with Gasteiger partial charge in [-0.2, -0.15) is 0 Å². The molecule has 3 rings (SSSR count). The Bertz CT molecular complexity index is 603. The molecule has 0 spiro atoms. The molecule has 0 bridgehead atoms. The molecule has 0 unspecified atom stereocenters. The third kappa shape index (κ3) is 4.53. The zero-order valence-electron chi connectivity index (χ0n) is 13.4. The van der Waals surface area contributed by atoms with E-state index >= 15 is 0 Å². The van der Waals surface area contributed by atoms with E-state index in [1.165, 1.54) is 0 Å². The van der Waals surface area contributed by atoms with Crippen LogP contribution in [0.3, 0.4) is 0 Å². The average molecular weight is 314 g/mol. The summed E-state index contributed by atoms with van der Waals surface area (Å²) in [5.41, 5.74) is 1.98. The van der Waals surface area contributed by atoms with Crippen LogP contribution in [-0.4, -0.2) is 31.2 Å². The van der Waals surface area contributed by atoms with Crippen LogP contribution in [0.1, 0.15) is 25.3 Å². The van der Waals surface area contributed by atoms with E-state index in [0.717, 1.165) is 29.7 Å². The largest absolute Gasteiger partial charge is 0.498 e. The Kier molecular flexibility index (Phi) is 5.26. The van der Waals surface area contributed by atoms with Crippen LogP contribution in [0.2, 0.25) is 0 Å². The van der Waals surface area contributed by atoms with Crippen molar-refractivity contribution in [2.24, 2.45) is 0 Å². The minimum Gasteiger partial charge on any atom is -0.498 e. The number of hydrogen-bond acceptors (Lipinski definition) is 4. The van der Waals surface area contributed by atoms with Gasteiger partial charge in [0.05, 0.1) is 19.8 Å². The molecule has 1 aromatic rings. The van der Waals surface area contributed by atoms with Gasteiger partial charge in [0.1, 0.15) is 18.0 Å². The summed E-state index contributed by atoms with van der Waals surface area (Å²) in [6.07, 6.45) is 5.12. The van der Waals surface area contributed by atoms with Gasteiger partial charge in [-0.25, -0.2) is 0 Å². The summed E-state index contributed by atoms with van der Waals surface area (Å²) in [5, 5.41) is 0. The molecule has 1 saturated heterocycles. The lowest BCUT2D eigenvalue weighted by Crippen LogP contribution is -2.11. The first-order valence-corrected chi connectivity index (χ1v) is 8.12. The molecule has 23 heavy (non-hydrogen) atoms. The Hall–Kier alpha value is -1.91. The van der Waals surface area contributed by atoms with Crippen LogP contribution in [0.15, 0.2) is 53.8 Å². The van der Waals surface area contributed by atoms with Crippen LogP contribution in [-0.2, 0) is 25.6 Å². The van der Waals surface area contributed by atoms with Gasteiger partial charge >= 0.3 is 0 Å². The third-order valence-corrected chi connectivity index (χ3v) is 3.96. The second-order valence-electron chi connectivity index (χ2n) is 5.74. The van der Waals surface area contributed by atoms with Gasteiger partial charge in [0.25, 0.3) is 0 Å². The fraction of sp³-hybridized carbons (Fsp3) is 0.421. The van der Waals surface area contributed by atoms with Gasteiger partial charge in [-0.05, 0) is 30.6 Å². The zero-order chi connectivity index (χ0) is 16.1. The van der Waals surface area contributed by atoms with Crippen LogP contribution in [0.4, 0.5) is 0 Å². The van der Waals surface area contributed by atoms with Crippen LogP contribution in [0.5, 0.6) is 0 Å². The van der Waals surface area contributed by atoms with Gasteiger partial charge in [-0.1, -0.05) is 30.3 Å². The quantitative estimate of drug-likeness (QED) is 0.573. The zero-order valence-corrected chi connectivity index (χ0v) is 13.4. The van der Waals surface area contributed by atoms with Crippen molar-refractivity contribution in [1.29, 1.82) is 0 Å². The Morgan fingerprint density at radius 3 is 2.83 bits per heavy atom. The molecule has 2 atom stereocenters. The van der Waals surface area contributed by atoms with Crippen molar-refractivity contribution in [3.8, 4) is 0 Å². The van der Waals surface area contributed by atoms with Gasteiger partial charge in [-0.15, -0.1) is 0 Å². The average Bonchev–Trinajstić information content (AvgIpc) is 3.29. The molecule has 0 aromatic heterocycles. The van der Waals surface area contributed by atoms with Crippen molar-refractivity contribution in [2.45, 2.75) is 38.6 Å². The Morgan fingerprint density at radius 2 is 2.09 bits per heavy atom. The van der Waals surface area contributed by atoms with Crippen LogP contribution >= 0.6 is 0 Å². The van der Waals surface area contributed by atoms with Crippen LogP contribution < -0.4 is 0 Å². The molecule has 1 fully saturated rings. The lowest BCUT2D eigenvalue weighted by atomic mass is 9.97. The summed E-state index contributed by atoms with van der Waals surface area (Å²) < 4.78 is 16.6. The predicted molar refractivity (Wildman–Crippen MR) is 86.8 cm³/mol. The number of ketones is 1. The van der Waals surface area contributed by atoms with Crippen LogP contribution in [0.25, 0.3) is 0 Å². The molecule has 4 nitrogen and oxygen atoms in total. The first kappa shape index (κ1) is 16.0. The van der Waals surface area contributed by atoms with Crippen molar-refractivity contribution >= 4 is 5.78 Å². The van der Waals surface area contributed by atoms with E-state index in [2.05, 4.69) is 0 Å². The number of epoxide rings is 1. The molecule has 2 aliphatic rings. The van der Waals surface area contributed by atoms with Crippen molar-refractivity contribution in [3.63, 3.8) is 0 Å². The van der Waals surface area contributed by atoms with Gasteiger partial charge < -0.3 is 14.2 Å². The molecule has 4 heteroatoms. The molecule has 122 valence electrons. The highest BCUT2D eigenvalue weighted by Gasteiger charge is 2.38. The topological polar surface area (TPSA) is 48.1 Å². The maximum absolute atomic E-state index is 12.0. The van der Waals surface area contributed by atoms with Crippen LogP contribution in [0, 0.1) is 0 Å². The number of hydrogen-bond donors (Lipinski definition) is 0. The molecule has 1 aromatic carbocycles. The van der Waals surface area contributed by atoms with Gasteiger partial charge in [-0.3, -0.25) is 4.79 Å². The number of rotatable bonds is 7. The Balaban J connectivity index is 1.43. The fourth-order valence-corrected chi connectivity index (χ4v) is 2.66. The third-order valence-electron chi connectivity index (χ3n) is 3.96. The van der Waals surface area contributed by atoms with Crippen molar-refractivity contribution in [2.75, 3.05) is 13.2 Å². The minimum atomic E-state index is 0.00627. The second kappa shape index (κ2) is 7.57. The van der Waals surface area contributed by atoms with E-state index in [-0.39, 0.29) is 18.0 Å². The highest BCUT2D eigenvalue weighted by atomic mass is 16.6. The van der Waals surface area contributed by atoms with E-state index < -0.39 is 0 Å². The van der Waals surface area contributed by atoms with E-state index in [9.17, 15) is 4.79 Å². The van der Waals surface area contributed by atoms with E-state index in [4.69, 9.17) is 14.2 Å². The molecule has 1 heterocycles. The van der Waals surface area contributed by atoms with Crippen molar-refractivity contribution in [1.82, 2.24) is 0 Å². The molecule has 0 N–H and O–H groups in total. The van der Waals surface area contributed by atoms with Crippen molar-refractivity contribution < 1.29 is 19.0 Å². The van der Waals surface area contributed by atoms with E-state index in [1.54, 1.807) is 6.08 Å². The summed E-state index contributed by atoms with van der Waals surface area (Å²) >= 11 is 0. The summed E-state index contributed by atoms with van der Waals surface area (Å²) in [6.45, 7) is 3.67. The number of allylic oxidation sites excluding steroid dienone is 3. The van der Waals surface area contributed by atoms with Gasteiger partial charge in [0, 0.05) is 12.5 Å². The monoisotopic (exact) mass is 314 g/mol. The number of ether oxygens (including phenoxy) is 3. The first-order chi connectivity index (χ1) is 11.3. The molecule has 0 amide bonds. The van der Waals surface area contributed by atoms with Gasteiger partial charge in [0.2, 0.25) is 0 Å². The molecule has 1 aliphatic carbocycles. The number of benzene rings is 1. The molecular weight excluding hydrogens is 292 g/mol. The molecule has 0 radical (unpaired) electrons. The van der Waals surface area contributed by atoms with Crippen molar-refractivity contribution in [3.05, 3.63) is 59.4 Å². The Morgan fingerprint density at radius 1 is 1.26 bits per heavy atom. The van der Waals surface area contributed by atoms with Gasteiger partial charge in [0.15, 0.2) is 5.78 Å². The number of carbonyl (C=O) groups excluding carboxylic acids is 1. The first-order valence-electron chi connectivity index (χ1n) is 8.12. The summed E-state index contributed by atoms with van der Waals surface area (Å²) in [5.74, 6) is 0.827. The second-order valence-corrected chi connectivity index (χ2v) is 5.74. The highest BCUT2D eigenvalue weighted by Crippen LogP contribution is 2.29. The van der Waals surface area contributed by atoms with E-state index in [1.807, 2.05) is 43.3 Å². The standard InChI is InChI=1S/C19H22O4/c1-2-22-16-9-8-15(17(20)11-16)10-18-19(23-18)13-21-12-14-6-4-3-5-7-14/h3-7,10-11,18-19H,2,8-9,12-13H2,1H3/b15-10+/t18-,19-/m0/s1. The summed E-state index contributed by atoms with van der Waals surface area (Å²) in [6, 6.07) is 10.1. The highest BCUT2D eigenvalue weighted by molar-refractivity contribution is 6.05. The number of carbonyl (C=O) groups is 1. The molecule has 0 saturated carbocycles.